The first-order chi connectivity index (χ1) is 18.5. The molecule has 2 amide bonds. The van der Waals surface area contributed by atoms with E-state index in [0.717, 1.165) is 24.1 Å². The Morgan fingerprint density at radius 1 is 0.872 bits per heavy atom. The first-order valence-electron chi connectivity index (χ1n) is 13.3. The van der Waals surface area contributed by atoms with Gasteiger partial charge in [-0.05, 0) is 45.4 Å². The summed E-state index contributed by atoms with van der Waals surface area (Å²) in [6.07, 6.45) is 3.02. The van der Waals surface area contributed by atoms with Crippen LogP contribution in [0.2, 0.25) is 0 Å². The van der Waals surface area contributed by atoms with Crippen molar-refractivity contribution in [1.29, 1.82) is 0 Å². The minimum absolute atomic E-state index is 0.116. The van der Waals surface area contributed by atoms with E-state index in [4.69, 9.17) is 9.47 Å². The molecule has 214 valence electrons. The molecule has 0 radical (unpaired) electrons. The summed E-state index contributed by atoms with van der Waals surface area (Å²) in [4.78, 5) is 27.9. The average Bonchev–Trinajstić information content (AvgIpc) is 3.39. The monoisotopic (exact) mass is 555 g/mol. The molecule has 39 heavy (non-hydrogen) atoms. The minimum atomic E-state index is -0.447. The van der Waals surface area contributed by atoms with Crippen LogP contribution in [0.4, 0.5) is 9.59 Å². The van der Waals surface area contributed by atoms with Crippen molar-refractivity contribution in [3.05, 3.63) is 88.4 Å². The lowest BCUT2D eigenvalue weighted by molar-refractivity contribution is 0.0824. The van der Waals surface area contributed by atoms with Crippen LogP contribution in [0.5, 0.6) is 0 Å². The Hall–Kier alpha value is -3.39. The molecule has 7 nitrogen and oxygen atoms in total. The number of thiazole rings is 1. The molecule has 1 aromatic heterocycles. The third kappa shape index (κ3) is 20.3. The summed E-state index contributed by atoms with van der Waals surface area (Å²) < 4.78 is 10.3. The fraction of sp³-hybridized carbons (Fsp3) is 0.452. The largest absolute Gasteiger partial charge is 0.447 e. The number of nitrogens with zero attached hydrogens (tertiary/aromatic N) is 1. The molecule has 0 fully saturated rings. The standard InChI is InChI=1S/C17H29N3O4S.2C7H8/c1-13(9-17(2,3)4)24-16(22)20-8-6-5-7-19-15(21)23-11-14-10-18-12-25-14;2*1-7-5-3-2-4-6-7/h10,12-13H,5-9,11H2,1-4H3,(H,19,21)(H,20,22);2*2-6H,1H3. The van der Waals surface area contributed by atoms with E-state index in [1.807, 2.05) is 43.3 Å². The molecule has 0 saturated carbocycles. The Morgan fingerprint density at radius 3 is 1.79 bits per heavy atom. The molecule has 0 saturated heterocycles. The maximum Gasteiger partial charge on any atom is 0.407 e. The Kier molecular flexibility index (Phi) is 16.9. The molecule has 1 unspecified atom stereocenters. The fourth-order valence-electron chi connectivity index (χ4n) is 3.33. The first kappa shape index (κ1) is 33.6. The van der Waals surface area contributed by atoms with Crippen molar-refractivity contribution in [1.82, 2.24) is 15.6 Å². The summed E-state index contributed by atoms with van der Waals surface area (Å²) in [6, 6.07) is 20.5. The highest BCUT2D eigenvalue weighted by molar-refractivity contribution is 7.09. The van der Waals surface area contributed by atoms with Crippen LogP contribution in [0, 0.1) is 19.3 Å². The van der Waals surface area contributed by atoms with Crippen molar-refractivity contribution in [2.75, 3.05) is 13.1 Å². The van der Waals surface area contributed by atoms with Crippen LogP contribution in [0.25, 0.3) is 0 Å². The predicted octanol–water partition coefficient (Wildman–Crippen LogP) is 7.69. The number of carbonyl (C=O) groups excluding carboxylic acids is 2. The molecule has 3 aromatic rings. The molecule has 3 rings (SSSR count). The third-order valence-electron chi connectivity index (χ3n) is 5.06. The van der Waals surface area contributed by atoms with Gasteiger partial charge in [-0.1, -0.05) is 92.6 Å². The van der Waals surface area contributed by atoms with Gasteiger partial charge in [0, 0.05) is 19.3 Å². The Balaban J connectivity index is 0.000000434. The second-order valence-corrected chi connectivity index (χ2v) is 11.4. The van der Waals surface area contributed by atoms with Crippen LogP contribution in [0.3, 0.4) is 0 Å². The van der Waals surface area contributed by atoms with Crippen molar-refractivity contribution >= 4 is 23.5 Å². The zero-order valence-corrected chi connectivity index (χ0v) is 25.1. The van der Waals surface area contributed by atoms with Crippen molar-refractivity contribution in [3.8, 4) is 0 Å². The topological polar surface area (TPSA) is 89.6 Å². The number of rotatable bonds is 9. The lowest BCUT2D eigenvalue weighted by Crippen LogP contribution is -2.31. The van der Waals surface area contributed by atoms with Crippen LogP contribution >= 0.6 is 11.3 Å². The summed E-state index contributed by atoms with van der Waals surface area (Å²) in [6.45, 7) is 13.6. The van der Waals surface area contributed by atoms with E-state index in [2.05, 4.69) is 74.5 Å². The summed E-state index contributed by atoms with van der Waals surface area (Å²) >= 11 is 1.44. The molecule has 2 N–H and O–H groups in total. The van der Waals surface area contributed by atoms with Gasteiger partial charge in [-0.15, -0.1) is 11.3 Å². The van der Waals surface area contributed by atoms with Gasteiger partial charge in [-0.2, -0.15) is 0 Å². The molecule has 0 bridgehead atoms. The Labute approximate surface area is 238 Å². The van der Waals surface area contributed by atoms with E-state index in [1.54, 1.807) is 11.7 Å². The Morgan fingerprint density at radius 2 is 1.38 bits per heavy atom. The highest BCUT2D eigenvalue weighted by atomic mass is 32.1. The van der Waals surface area contributed by atoms with E-state index in [1.165, 1.54) is 22.5 Å². The SMILES string of the molecule is CC(CC(C)(C)C)OC(=O)NCCCCNC(=O)OCc1cncs1.Cc1ccccc1.Cc1ccccc1. The lowest BCUT2D eigenvalue weighted by atomic mass is 9.90. The second-order valence-electron chi connectivity index (χ2n) is 10.4. The summed E-state index contributed by atoms with van der Waals surface area (Å²) in [5, 5.41) is 5.39. The van der Waals surface area contributed by atoms with Gasteiger partial charge in [0.2, 0.25) is 0 Å². The van der Waals surface area contributed by atoms with E-state index in [-0.39, 0.29) is 18.1 Å². The van der Waals surface area contributed by atoms with Crippen LogP contribution in [0.15, 0.2) is 72.4 Å². The average molecular weight is 556 g/mol. The smallest absolute Gasteiger partial charge is 0.407 e. The van der Waals surface area contributed by atoms with Crippen LogP contribution in [-0.2, 0) is 16.1 Å². The van der Waals surface area contributed by atoms with E-state index < -0.39 is 12.2 Å². The van der Waals surface area contributed by atoms with E-state index in [0.29, 0.717) is 13.1 Å². The number of carbonyl (C=O) groups is 2. The summed E-state index contributed by atoms with van der Waals surface area (Å²) in [5.41, 5.74) is 4.46. The van der Waals surface area contributed by atoms with Crippen LogP contribution in [-0.4, -0.2) is 36.4 Å². The second kappa shape index (κ2) is 19.6. The quantitative estimate of drug-likeness (QED) is 0.264. The van der Waals surface area contributed by atoms with E-state index in [9.17, 15) is 9.59 Å². The number of nitrogens with one attached hydrogen (secondary N) is 2. The molecule has 0 aliphatic carbocycles. The lowest BCUT2D eigenvalue weighted by Gasteiger charge is -2.23. The highest BCUT2D eigenvalue weighted by Gasteiger charge is 2.18. The van der Waals surface area contributed by atoms with Gasteiger partial charge in [-0.25, -0.2) is 9.59 Å². The number of hydrogen-bond acceptors (Lipinski definition) is 6. The van der Waals surface area contributed by atoms with Gasteiger partial charge in [0.05, 0.1) is 10.4 Å². The number of ether oxygens (including phenoxy) is 2. The maximum absolute atomic E-state index is 11.7. The van der Waals surface area contributed by atoms with E-state index >= 15 is 0 Å². The number of aryl methyl sites for hydroxylation is 2. The van der Waals surface area contributed by atoms with Gasteiger partial charge < -0.3 is 20.1 Å². The third-order valence-corrected chi connectivity index (χ3v) is 5.81. The minimum Gasteiger partial charge on any atom is -0.447 e. The molecule has 1 atom stereocenters. The maximum atomic E-state index is 11.7. The number of benzene rings is 2. The van der Waals surface area contributed by atoms with Gasteiger partial charge in [0.25, 0.3) is 0 Å². The molecule has 1 heterocycles. The van der Waals surface area contributed by atoms with Crippen LogP contribution in [0.1, 0.15) is 63.0 Å². The highest BCUT2D eigenvalue weighted by Crippen LogP contribution is 2.22. The summed E-state index contributed by atoms with van der Waals surface area (Å²) in [7, 11) is 0. The van der Waals surface area contributed by atoms with Crippen molar-refractivity contribution in [2.45, 2.75) is 73.5 Å². The van der Waals surface area contributed by atoms with Gasteiger partial charge in [0.15, 0.2) is 0 Å². The number of unbranched alkanes of at least 4 members (excludes halogenated alkanes) is 1. The molecule has 0 spiro atoms. The number of hydrogen-bond donors (Lipinski definition) is 2. The number of alkyl carbamates (subject to hydrolysis) is 2. The molecule has 2 aromatic carbocycles. The fourth-order valence-corrected chi connectivity index (χ4v) is 3.83. The zero-order chi connectivity index (χ0) is 28.9. The van der Waals surface area contributed by atoms with Gasteiger partial charge >= 0.3 is 12.2 Å². The molecular weight excluding hydrogens is 510 g/mol. The molecule has 8 heteroatoms. The molecular formula is C31H45N3O4S. The first-order valence-corrected chi connectivity index (χ1v) is 14.2. The van der Waals surface area contributed by atoms with Crippen molar-refractivity contribution < 1.29 is 19.1 Å². The Bertz CT molecular complexity index is 986. The van der Waals surface area contributed by atoms with Crippen molar-refractivity contribution in [2.24, 2.45) is 5.41 Å². The zero-order valence-electron chi connectivity index (χ0n) is 24.2. The normalized spacial score (nSPS) is 11.0. The number of amides is 2. The number of aromatic nitrogens is 1. The van der Waals surface area contributed by atoms with Crippen molar-refractivity contribution in [3.63, 3.8) is 0 Å². The van der Waals surface area contributed by atoms with Gasteiger partial charge in [-0.3, -0.25) is 4.98 Å². The molecule has 0 aliphatic heterocycles. The van der Waals surface area contributed by atoms with Gasteiger partial charge in [0.1, 0.15) is 12.7 Å². The van der Waals surface area contributed by atoms with Crippen LogP contribution < -0.4 is 10.6 Å². The summed E-state index contributed by atoms with van der Waals surface area (Å²) in [5.74, 6) is 0. The molecule has 0 aliphatic rings. The predicted molar refractivity (Wildman–Crippen MR) is 160 cm³/mol.